The average Bonchev–Trinajstić information content (AvgIpc) is 3.65. The molecule has 33 heavy (non-hydrogen) atoms. The highest BCUT2D eigenvalue weighted by atomic mass is 32.2. The first-order valence-corrected chi connectivity index (χ1v) is 12.4. The average molecular weight is 464 g/mol. The lowest BCUT2D eigenvalue weighted by atomic mass is 10.1. The predicted molar refractivity (Wildman–Crippen MR) is 135 cm³/mol. The standard InChI is InChI=1S/C25H29N5O2S/c1-3-15-28-23(14-9-18-7-12-22(13-8-18)33(2)32)25(31)29-20-6-4-5-19(16-20)24(27)30(17-26)21-10-11-21/h4-8,12-17,21,26-27H,3,9-11H2,1-2H3,(H,29,31)/b23-14-,26-17?,27-24?,28-15-. The number of carbonyl (C=O) groups is 1. The number of nitrogens with one attached hydrogen (secondary N) is 3. The normalized spacial score (nSPS) is 14.7. The molecule has 0 saturated heterocycles. The summed E-state index contributed by atoms with van der Waals surface area (Å²) in [6, 6.07) is 14.8. The number of hydrogen-bond acceptors (Lipinski definition) is 5. The van der Waals surface area contributed by atoms with E-state index in [0.717, 1.165) is 23.3 Å². The first kappa shape index (κ1) is 24.4. The molecule has 0 spiro atoms. The number of allylic oxidation sites excluding steroid dienone is 1. The van der Waals surface area contributed by atoms with Crippen molar-refractivity contribution in [1.29, 1.82) is 10.8 Å². The van der Waals surface area contributed by atoms with Gasteiger partial charge in [-0.3, -0.25) is 20.6 Å². The minimum absolute atomic E-state index is 0.220. The third-order valence-corrected chi connectivity index (χ3v) is 6.10. The van der Waals surface area contributed by atoms with Crippen LogP contribution in [0.1, 0.15) is 37.3 Å². The van der Waals surface area contributed by atoms with Crippen LogP contribution in [0.3, 0.4) is 0 Å². The van der Waals surface area contributed by atoms with Gasteiger partial charge in [-0.2, -0.15) is 0 Å². The Labute approximate surface area is 197 Å². The van der Waals surface area contributed by atoms with Crippen molar-refractivity contribution in [3.8, 4) is 0 Å². The van der Waals surface area contributed by atoms with Gasteiger partial charge in [0.2, 0.25) is 0 Å². The number of amides is 1. The van der Waals surface area contributed by atoms with E-state index in [2.05, 4.69) is 10.3 Å². The Morgan fingerprint density at radius 2 is 2.00 bits per heavy atom. The molecular formula is C25H29N5O2S. The van der Waals surface area contributed by atoms with E-state index < -0.39 is 11.2 Å². The molecule has 1 aliphatic rings. The summed E-state index contributed by atoms with van der Waals surface area (Å²) in [5.74, 6) is -0.0828. The van der Waals surface area contributed by atoms with Crippen LogP contribution in [0.4, 0.5) is 5.69 Å². The summed E-state index contributed by atoms with van der Waals surface area (Å²) < 4.78 is 11.6. The van der Waals surface area contributed by atoms with Crippen molar-refractivity contribution in [1.82, 2.24) is 4.90 Å². The van der Waals surface area contributed by atoms with E-state index >= 15 is 0 Å². The SMILES string of the molecule is CC/C=N\C(=C/Cc1ccc([S+](C)[O-])cc1)C(=O)Nc1cccc(C(=N)N(C=N)C2CC2)c1. The van der Waals surface area contributed by atoms with Crippen LogP contribution >= 0.6 is 0 Å². The third-order valence-electron chi connectivity index (χ3n) is 5.16. The van der Waals surface area contributed by atoms with Gasteiger partial charge in [0.15, 0.2) is 4.90 Å². The molecule has 0 radical (unpaired) electrons. The molecule has 3 N–H and O–H groups in total. The lowest BCUT2D eigenvalue weighted by Crippen LogP contribution is -2.31. The predicted octanol–water partition coefficient (Wildman–Crippen LogP) is 4.37. The second-order valence-corrected chi connectivity index (χ2v) is 9.14. The zero-order valence-electron chi connectivity index (χ0n) is 18.9. The van der Waals surface area contributed by atoms with Crippen LogP contribution in [0.15, 0.2) is 70.2 Å². The van der Waals surface area contributed by atoms with Crippen LogP contribution in [0.25, 0.3) is 0 Å². The second-order valence-electron chi connectivity index (χ2n) is 7.76. The zero-order chi connectivity index (χ0) is 23.8. The van der Waals surface area contributed by atoms with Crippen molar-refractivity contribution in [3.05, 3.63) is 71.4 Å². The van der Waals surface area contributed by atoms with E-state index in [-0.39, 0.29) is 17.8 Å². The van der Waals surface area contributed by atoms with Gasteiger partial charge in [0, 0.05) is 23.5 Å². The molecule has 1 aliphatic carbocycles. The molecule has 8 heteroatoms. The van der Waals surface area contributed by atoms with Gasteiger partial charge in [0.1, 0.15) is 17.8 Å². The van der Waals surface area contributed by atoms with Crippen molar-refractivity contribution in [2.75, 3.05) is 11.6 Å². The highest BCUT2D eigenvalue weighted by molar-refractivity contribution is 7.90. The monoisotopic (exact) mass is 463 g/mol. The fourth-order valence-electron chi connectivity index (χ4n) is 3.22. The Balaban J connectivity index is 1.73. The van der Waals surface area contributed by atoms with Crippen LogP contribution in [-0.2, 0) is 22.4 Å². The zero-order valence-corrected chi connectivity index (χ0v) is 19.7. The molecule has 2 aromatic carbocycles. The Kier molecular flexibility index (Phi) is 8.57. The van der Waals surface area contributed by atoms with Gasteiger partial charge >= 0.3 is 0 Å². The topological polar surface area (TPSA) is 115 Å². The number of nitrogens with zero attached hydrogens (tertiary/aromatic N) is 2. The van der Waals surface area contributed by atoms with Crippen molar-refractivity contribution in [2.45, 2.75) is 43.5 Å². The third kappa shape index (κ3) is 6.87. The quantitative estimate of drug-likeness (QED) is 0.210. The molecule has 1 fully saturated rings. The number of anilines is 1. The summed E-state index contributed by atoms with van der Waals surface area (Å²) in [5.41, 5.74) is 2.50. The number of hydrogen-bond donors (Lipinski definition) is 3. The molecular weight excluding hydrogens is 434 g/mol. The largest absolute Gasteiger partial charge is 0.612 e. The summed E-state index contributed by atoms with van der Waals surface area (Å²) in [6.07, 6.45) is 9.48. The molecule has 1 saturated carbocycles. The maximum absolute atomic E-state index is 12.9. The van der Waals surface area contributed by atoms with Crippen molar-refractivity contribution < 1.29 is 9.35 Å². The Hall–Kier alpha value is -3.23. The van der Waals surface area contributed by atoms with Gasteiger partial charge < -0.3 is 14.8 Å². The van der Waals surface area contributed by atoms with E-state index in [9.17, 15) is 9.35 Å². The number of benzene rings is 2. The Morgan fingerprint density at radius 1 is 1.27 bits per heavy atom. The second kappa shape index (κ2) is 11.6. The van der Waals surface area contributed by atoms with E-state index in [4.69, 9.17) is 10.8 Å². The lowest BCUT2D eigenvalue weighted by Gasteiger charge is -2.19. The summed E-state index contributed by atoms with van der Waals surface area (Å²) in [6.45, 7) is 1.95. The van der Waals surface area contributed by atoms with E-state index in [1.165, 1.54) is 6.34 Å². The first-order valence-electron chi connectivity index (χ1n) is 10.9. The highest BCUT2D eigenvalue weighted by Gasteiger charge is 2.30. The molecule has 2 aromatic rings. The summed E-state index contributed by atoms with van der Waals surface area (Å²) in [4.78, 5) is 19.7. The van der Waals surface area contributed by atoms with Crippen LogP contribution in [-0.4, -0.2) is 46.0 Å². The first-order chi connectivity index (χ1) is 15.9. The minimum Gasteiger partial charge on any atom is -0.612 e. The molecule has 1 amide bonds. The number of rotatable bonds is 10. The van der Waals surface area contributed by atoms with E-state index in [0.29, 0.717) is 29.8 Å². The van der Waals surface area contributed by atoms with Gasteiger partial charge in [-0.15, -0.1) is 0 Å². The molecule has 0 bridgehead atoms. The Bertz CT molecular complexity index is 1060. The van der Waals surface area contributed by atoms with Crippen LogP contribution < -0.4 is 5.32 Å². The summed E-state index contributed by atoms with van der Waals surface area (Å²) in [5, 5.41) is 18.9. The van der Waals surface area contributed by atoms with E-state index in [1.807, 2.05) is 31.2 Å². The van der Waals surface area contributed by atoms with Gasteiger partial charge in [-0.05, 0) is 72.8 Å². The Morgan fingerprint density at radius 3 is 2.61 bits per heavy atom. The summed E-state index contributed by atoms with van der Waals surface area (Å²) in [7, 11) is 0. The van der Waals surface area contributed by atoms with Gasteiger partial charge in [-0.1, -0.05) is 31.2 Å². The highest BCUT2D eigenvalue weighted by Crippen LogP contribution is 2.27. The minimum atomic E-state index is -1.03. The molecule has 7 nitrogen and oxygen atoms in total. The number of amidine groups is 1. The van der Waals surface area contributed by atoms with Crippen molar-refractivity contribution in [3.63, 3.8) is 0 Å². The number of carbonyl (C=O) groups excluding carboxylic acids is 1. The van der Waals surface area contributed by atoms with Gasteiger partial charge in [-0.25, -0.2) is 0 Å². The molecule has 0 aromatic heterocycles. The lowest BCUT2D eigenvalue weighted by molar-refractivity contribution is -0.112. The molecule has 0 aliphatic heterocycles. The van der Waals surface area contributed by atoms with E-state index in [1.54, 1.807) is 47.7 Å². The maximum Gasteiger partial charge on any atom is 0.273 e. The van der Waals surface area contributed by atoms with Crippen LogP contribution in [0.2, 0.25) is 0 Å². The molecule has 172 valence electrons. The van der Waals surface area contributed by atoms with Gasteiger partial charge in [0.25, 0.3) is 5.91 Å². The molecule has 1 unspecified atom stereocenters. The van der Waals surface area contributed by atoms with Crippen molar-refractivity contribution >= 4 is 41.2 Å². The number of aliphatic imine (C=N–C) groups is 1. The van der Waals surface area contributed by atoms with Crippen molar-refractivity contribution in [2.24, 2.45) is 4.99 Å². The molecule has 0 heterocycles. The smallest absolute Gasteiger partial charge is 0.273 e. The molecule has 1 atom stereocenters. The van der Waals surface area contributed by atoms with Crippen LogP contribution in [0, 0.1) is 10.8 Å². The van der Waals surface area contributed by atoms with Crippen LogP contribution in [0.5, 0.6) is 0 Å². The summed E-state index contributed by atoms with van der Waals surface area (Å²) >= 11 is -1.03. The fraction of sp³-hybridized carbons (Fsp3) is 0.280. The molecule has 3 rings (SSSR count). The maximum atomic E-state index is 12.9. The van der Waals surface area contributed by atoms with Gasteiger partial charge in [0.05, 0.1) is 6.34 Å². The fourth-order valence-corrected chi connectivity index (χ4v) is 3.74.